The molecule has 0 bridgehead atoms. The van der Waals surface area contributed by atoms with Gasteiger partial charge in [-0.1, -0.05) is 227 Å². The van der Waals surface area contributed by atoms with Gasteiger partial charge in [0, 0.05) is 0 Å². The SMILES string of the molecule is CCCCCCCCCCCCCc1ccc2c(ccc3c2ccc2c4ccc5cc(CCCCCCCCCCCCC)ccc5c4ccc32)c1. The topological polar surface area (TPSA) is 0 Å². The summed E-state index contributed by atoms with van der Waals surface area (Å²) in [5.74, 6) is 0. The Bertz CT molecular complexity index is 1830. The summed E-state index contributed by atoms with van der Waals surface area (Å²) in [6, 6.07) is 33.5. The molecule has 6 rings (SSSR count). The van der Waals surface area contributed by atoms with E-state index < -0.39 is 0 Å². The number of benzene rings is 6. The number of aryl methyl sites for hydroxylation is 2. The largest absolute Gasteiger partial charge is 0.0654 e. The van der Waals surface area contributed by atoms with Crippen LogP contribution in [0.4, 0.5) is 0 Å². The molecule has 52 heavy (non-hydrogen) atoms. The molecule has 0 saturated heterocycles. The van der Waals surface area contributed by atoms with E-state index in [-0.39, 0.29) is 0 Å². The highest BCUT2D eigenvalue weighted by Gasteiger charge is 2.10. The molecule has 0 aliphatic carbocycles. The van der Waals surface area contributed by atoms with E-state index in [4.69, 9.17) is 0 Å². The van der Waals surface area contributed by atoms with Crippen molar-refractivity contribution in [1.82, 2.24) is 0 Å². The molecule has 0 atom stereocenters. The van der Waals surface area contributed by atoms with Crippen molar-refractivity contribution in [2.24, 2.45) is 0 Å². The molecular formula is C52H68. The van der Waals surface area contributed by atoms with Gasteiger partial charge in [-0.15, -0.1) is 0 Å². The summed E-state index contributed by atoms with van der Waals surface area (Å²) in [6.45, 7) is 4.60. The fourth-order valence-electron chi connectivity index (χ4n) is 8.92. The van der Waals surface area contributed by atoms with Crippen LogP contribution in [0.25, 0.3) is 53.9 Å². The molecule has 0 nitrogen and oxygen atoms in total. The monoisotopic (exact) mass is 693 g/mol. The second-order valence-electron chi connectivity index (χ2n) is 16.2. The van der Waals surface area contributed by atoms with Crippen LogP contribution in [0.5, 0.6) is 0 Å². The summed E-state index contributed by atoms with van der Waals surface area (Å²) in [6.07, 6.45) is 33.2. The lowest BCUT2D eigenvalue weighted by molar-refractivity contribution is 0.549. The Morgan fingerprint density at radius 3 is 0.827 bits per heavy atom. The van der Waals surface area contributed by atoms with Crippen LogP contribution in [0.1, 0.15) is 166 Å². The molecule has 6 aromatic carbocycles. The molecule has 0 aromatic heterocycles. The molecule has 0 heteroatoms. The molecule has 0 fully saturated rings. The van der Waals surface area contributed by atoms with Gasteiger partial charge in [0.2, 0.25) is 0 Å². The van der Waals surface area contributed by atoms with E-state index in [1.807, 2.05) is 0 Å². The first-order chi connectivity index (χ1) is 25.8. The number of hydrogen-bond acceptors (Lipinski definition) is 0. The summed E-state index contributed by atoms with van der Waals surface area (Å²) in [5.41, 5.74) is 2.98. The van der Waals surface area contributed by atoms with Gasteiger partial charge in [0.15, 0.2) is 0 Å². The summed E-state index contributed by atoms with van der Waals surface area (Å²) in [7, 11) is 0. The highest BCUT2D eigenvalue weighted by Crippen LogP contribution is 2.37. The second kappa shape index (κ2) is 20.8. The summed E-state index contributed by atoms with van der Waals surface area (Å²) < 4.78 is 0. The van der Waals surface area contributed by atoms with Gasteiger partial charge in [0.25, 0.3) is 0 Å². The quantitative estimate of drug-likeness (QED) is 0.0437. The maximum atomic E-state index is 2.45. The predicted molar refractivity (Wildman–Crippen MR) is 234 cm³/mol. The summed E-state index contributed by atoms with van der Waals surface area (Å²) in [4.78, 5) is 0. The number of unbranched alkanes of at least 4 members (excludes halogenated alkanes) is 20. The van der Waals surface area contributed by atoms with Gasteiger partial charge >= 0.3 is 0 Å². The van der Waals surface area contributed by atoms with E-state index in [1.54, 1.807) is 0 Å². The van der Waals surface area contributed by atoms with Crippen molar-refractivity contribution in [2.45, 2.75) is 168 Å². The van der Waals surface area contributed by atoms with E-state index >= 15 is 0 Å². The molecule has 6 aromatic rings. The van der Waals surface area contributed by atoms with Gasteiger partial charge in [-0.25, -0.2) is 0 Å². The highest BCUT2D eigenvalue weighted by molar-refractivity contribution is 6.25. The lowest BCUT2D eigenvalue weighted by Gasteiger charge is -2.13. The zero-order chi connectivity index (χ0) is 35.8. The average Bonchev–Trinajstić information content (AvgIpc) is 3.18. The van der Waals surface area contributed by atoms with Crippen molar-refractivity contribution in [3.05, 3.63) is 96.1 Å². The third-order valence-corrected chi connectivity index (χ3v) is 12.1. The molecular weight excluding hydrogens is 625 g/mol. The van der Waals surface area contributed by atoms with Crippen molar-refractivity contribution in [3.8, 4) is 0 Å². The summed E-state index contributed by atoms with van der Waals surface area (Å²) >= 11 is 0. The third kappa shape index (κ3) is 10.4. The van der Waals surface area contributed by atoms with Crippen LogP contribution in [0.3, 0.4) is 0 Å². The first-order valence-corrected chi connectivity index (χ1v) is 22.0. The molecule has 0 unspecified atom stereocenters. The van der Waals surface area contributed by atoms with E-state index in [1.165, 1.54) is 219 Å². The molecule has 0 aliphatic heterocycles. The fraction of sp³-hybridized carbons (Fsp3) is 0.500. The van der Waals surface area contributed by atoms with Crippen LogP contribution in [0, 0.1) is 0 Å². The highest BCUT2D eigenvalue weighted by atomic mass is 14.1. The first kappa shape index (κ1) is 38.3. The number of rotatable bonds is 24. The van der Waals surface area contributed by atoms with Gasteiger partial charge in [-0.2, -0.15) is 0 Å². The van der Waals surface area contributed by atoms with Crippen LogP contribution in [-0.4, -0.2) is 0 Å². The van der Waals surface area contributed by atoms with Crippen LogP contribution in [0.15, 0.2) is 84.9 Å². The maximum Gasteiger partial charge on any atom is -0.00987 e. The average molecular weight is 693 g/mol. The third-order valence-electron chi connectivity index (χ3n) is 12.1. The van der Waals surface area contributed by atoms with Gasteiger partial charge in [0.1, 0.15) is 0 Å². The maximum absolute atomic E-state index is 2.45. The molecule has 0 spiro atoms. The van der Waals surface area contributed by atoms with Crippen molar-refractivity contribution in [3.63, 3.8) is 0 Å². The van der Waals surface area contributed by atoms with Crippen molar-refractivity contribution in [1.29, 1.82) is 0 Å². The number of hydrogen-bond donors (Lipinski definition) is 0. The predicted octanol–water partition coefficient (Wildman–Crippen LogP) is 17.2. The Morgan fingerprint density at radius 2 is 0.500 bits per heavy atom. The molecule has 276 valence electrons. The number of fused-ring (bicyclic) bond motifs is 9. The summed E-state index contributed by atoms with van der Waals surface area (Å²) in [5, 5.41) is 13.7. The van der Waals surface area contributed by atoms with Crippen molar-refractivity contribution in [2.75, 3.05) is 0 Å². The van der Waals surface area contributed by atoms with Crippen molar-refractivity contribution < 1.29 is 0 Å². The molecule has 0 aliphatic rings. The van der Waals surface area contributed by atoms with Gasteiger partial charge in [0.05, 0.1) is 0 Å². The lowest BCUT2D eigenvalue weighted by Crippen LogP contribution is -1.89. The molecule has 0 N–H and O–H groups in total. The smallest absolute Gasteiger partial charge is 0.00987 e. The Balaban J connectivity index is 1.03. The van der Waals surface area contributed by atoms with E-state index in [2.05, 4.69) is 98.8 Å². The zero-order valence-corrected chi connectivity index (χ0v) is 33.1. The minimum atomic E-state index is 1.20. The minimum Gasteiger partial charge on any atom is -0.0654 e. The van der Waals surface area contributed by atoms with E-state index in [9.17, 15) is 0 Å². The van der Waals surface area contributed by atoms with Crippen molar-refractivity contribution >= 4 is 53.9 Å². The lowest BCUT2D eigenvalue weighted by atomic mass is 9.91. The molecule has 0 radical (unpaired) electrons. The van der Waals surface area contributed by atoms with Crippen LogP contribution in [-0.2, 0) is 12.8 Å². The first-order valence-electron chi connectivity index (χ1n) is 22.0. The van der Waals surface area contributed by atoms with Crippen LogP contribution < -0.4 is 0 Å². The Hall–Kier alpha value is -3.38. The molecule has 0 amide bonds. The standard InChI is InChI=1S/C52H68/c1-3-5-7-9-11-13-15-17-19-21-23-25-41-27-31-45-43(39-41)29-33-49-47(45)35-37-52-50-34-30-44-40-42(28-32-46(44)48(50)36-38-51(49)52)26-24-22-20-18-16-14-12-10-8-6-4-2/h27-40H,3-26H2,1-2H3. The van der Waals surface area contributed by atoms with E-state index in [0.29, 0.717) is 0 Å². The minimum absolute atomic E-state index is 1.20. The zero-order valence-electron chi connectivity index (χ0n) is 33.1. The van der Waals surface area contributed by atoms with Gasteiger partial charge in [-0.3, -0.25) is 0 Å². The van der Waals surface area contributed by atoms with Crippen LogP contribution in [0.2, 0.25) is 0 Å². The normalized spacial score (nSPS) is 12.0. The molecule has 0 heterocycles. The Labute approximate surface area is 316 Å². The van der Waals surface area contributed by atoms with E-state index in [0.717, 1.165) is 0 Å². The van der Waals surface area contributed by atoms with Gasteiger partial charge < -0.3 is 0 Å². The Morgan fingerprint density at radius 1 is 0.250 bits per heavy atom. The second-order valence-corrected chi connectivity index (χ2v) is 16.2. The molecule has 0 saturated carbocycles. The fourth-order valence-corrected chi connectivity index (χ4v) is 8.92. The van der Waals surface area contributed by atoms with Crippen LogP contribution >= 0.6 is 0 Å². The van der Waals surface area contributed by atoms with Gasteiger partial charge in [-0.05, 0) is 90.7 Å². The Kier molecular flexibility index (Phi) is 15.3.